The molecule has 1 rings (SSSR count). The van der Waals surface area contributed by atoms with E-state index in [1.54, 1.807) is 6.92 Å². The number of aldehydes is 1. The minimum atomic E-state index is -2.10. The standard InChI is InChI=1S/C14H15NO6/c1-3-21-13(17)11(14(2,18)9-16)8-10-6-4-5-7-12(10)15(19)20/h4-9,18H,3H2,1-2H3/b11-8+. The Kier molecular flexibility index (Phi) is 5.31. The van der Waals surface area contributed by atoms with Gasteiger partial charge in [-0.05, 0) is 26.0 Å². The molecule has 1 aromatic carbocycles. The summed E-state index contributed by atoms with van der Waals surface area (Å²) < 4.78 is 4.77. The number of benzene rings is 1. The van der Waals surface area contributed by atoms with Gasteiger partial charge in [-0.25, -0.2) is 4.79 Å². The fourth-order valence-corrected chi connectivity index (χ4v) is 1.62. The van der Waals surface area contributed by atoms with Gasteiger partial charge in [-0.15, -0.1) is 0 Å². The molecule has 7 nitrogen and oxygen atoms in total. The summed E-state index contributed by atoms with van der Waals surface area (Å²) in [6, 6.07) is 5.66. The minimum Gasteiger partial charge on any atom is -0.463 e. The predicted molar refractivity (Wildman–Crippen MR) is 74.4 cm³/mol. The fourth-order valence-electron chi connectivity index (χ4n) is 1.62. The lowest BCUT2D eigenvalue weighted by atomic mass is 9.95. The van der Waals surface area contributed by atoms with Crippen molar-refractivity contribution in [3.8, 4) is 0 Å². The number of nitrogens with zero attached hydrogens (tertiary/aromatic N) is 1. The minimum absolute atomic E-state index is 0.0436. The van der Waals surface area contributed by atoms with Crippen molar-refractivity contribution >= 4 is 24.0 Å². The molecule has 0 bridgehead atoms. The van der Waals surface area contributed by atoms with Gasteiger partial charge in [-0.2, -0.15) is 0 Å². The second-order valence-electron chi connectivity index (χ2n) is 4.36. The van der Waals surface area contributed by atoms with E-state index in [4.69, 9.17) is 4.74 Å². The zero-order valence-corrected chi connectivity index (χ0v) is 11.6. The van der Waals surface area contributed by atoms with Crippen molar-refractivity contribution < 1.29 is 24.4 Å². The van der Waals surface area contributed by atoms with Gasteiger partial charge in [0, 0.05) is 6.07 Å². The third-order valence-corrected chi connectivity index (χ3v) is 2.70. The molecule has 1 aromatic rings. The van der Waals surface area contributed by atoms with E-state index in [9.17, 15) is 24.8 Å². The average Bonchev–Trinajstić information content (AvgIpc) is 2.45. The van der Waals surface area contributed by atoms with E-state index >= 15 is 0 Å². The quantitative estimate of drug-likeness (QED) is 0.280. The van der Waals surface area contributed by atoms with Crippen LogP contribution in [0.15, 0.2) is 29.8 Å². The van der Waals surface area contributed by atoms with E-state index in [1.165, 1.54) is 24.3 Å². The van der Waals surface area contributed by atoms with Gasteiger partial charge in [0.15, 0.2) is 6.29 Å². The van der Waals surface area contributed by atoms with Gasteiger partial charge in [0.25, 0.3) is 5.69 Å². The van der Waals surface area contributed by atoms with Crippen LogP contribution < -0.4 is 0 Å². The van der Waals surface area contributed by atoms with Gasteiger partial charge < -0.3 is 9.84 Å². The zero-order valence-electron chi connectivity index (χ0n) is 11.6. The molecule has 0 spiro atoms. The maximum absolute atomic E-state index is 11.9. The molecule has 0 aliphatic heterocycles. The predicted octanol–water partition coefficient (Wildman–Crippen LogP) is 1.49. The molecule has 0 radical (unpaired) electrons. The third kappa shape index (κ3) is 3.96. The van der Waals surface area contributed by atoms with Crippen molar-refractivity contribution in [2.24, 2.45) is 0 Å². The van der Waals surface area contributed by atoms with E-state index in [0.717, 1.165) is 13.0 Å². The van der Waals surface area contributed by atoms with E-state index in [1.807, 2.05) is 0 Å². The molecule has 21 heavy (non-hydrogen) atoms. The van der Waals surface area contributed by atoms with Crippen LogP contribution in [0.25, 0.3) is 6.08 Å². The number of hydrogen-bond donors (Lipinski definition) is 1. The molecule has 0 aromatic heterocycles. The van der Waals surface area contributed by atoms with Crippen molar-refractivity contribution in [1.82, 2.24) is 0 Å². The van der Waals surface area contributed by atoms with Crippen LogP contribution in [0.3, 0.4) is 0 Å². The summed E-state index contributed by atoms with van der Waals surface area (Å²) >= 11 is 0. The first-order chi connectivity index (χ1) is 9.83. The molecule has 0 amide bonds. The highest BCUT2D eigenvalue weighted by Crippen LogP contribution is 2.25. The molecule has 0 saturated heterocycles. The van der Waals surface area contributed by atoms with E-state index < -0.39 is 16.5 Å². The first-order valence-corrected chi connectivity index (χ1v) is 6.15. The van der Waals surface area contributed by atoms with Gasteiger partial charge in [-0.1, -0.05) is 12.1 Å². The van der Waals surface area contributed by atoms with Crippen LogP contribution in [-0.4, -0.2) is 34.5 Å². The van der Waals surface area contributed by atoms with Crippen LogP contribution >= 0.6 is 0 Å². The topological polar surface area (TPSA) is 107 Å². The Labute approximate surface area is 121 Å². The molecule has 112 valence electrons. The summed E-state index contributed by atoms with van der Waals surface area (Å²) in [5.41, 5.74) is -2.63. The molecule has 0 aliphatic carbocycles. The Morgan fingerprint density at radius 1 is 1.48 bits per heavy atom. The van der Waals surface area contributed by atoms with Crippen molar-refractivity contribution in [3.63, 3.8) is 0 Å². The first kappa shape index (κ1) is 16.5. The van der Waals surface area contributed by atoms with Crippen molar-refractivity contribution in [1.29, 1.82) is 0 Å². The van der Waals surface area contributed by atoms with Gasteiger partial charge >= 0.3 is 5.97 Å². The Morgan fingerprint density at radius 2 is 2.10 bits per heavy atom. The average molecular weight is 293 g/mol. The number of carbonyl (C=O) groups is 2. The van der Waals surface area contributed by atoms with Crippen molar-refractivity contribution in [2.45, 2.75) is 19.4 Å². The van der Waals surface area contributed by atoms with E-state index in [2.05, 4.69) is 0 Å². The maximum Gasteiger partial charge on any atom is 0.337 e. The van der Waals surface area contributed by atoms with Crippen LogP contribution in [0.2, 0.25) is 0 Å². The van der Waals surface area contributed by atoms with Crippen molar-refractivity contribution in [3.05, 3.63) is 45.5 Å². The molecule has 1 atom stereocenters. The number of aliphatic hydroxyl groups is 1. The summed E-state index contributed by atoms with van der Waals surface area (Å²) in [4.78, 5) is 33.1. The molecule has 1 N–H and O–H groups in total. The van der Waals surface area contributed by atoms with Crippen LogP contribution in [-0.2, 0) is 14.3 Å². The van der Waals surface area contributed by atoms with Crippen LogP contribution in [0, 0.1) is 10.1 Å². The number of carbonyl (C=O) groups excluding carboxylic acids is 2. The zero-order chi connectivity index (χ0) is 16.0. The molecular formula is C14H15NO6. The second kappa shape index (κ2) is 6.76. The molecule has 0 aliphatic rings. The van der Waals surface area contributed by atoms with Gasteiger partial charge in [0.2, 0.25) is 0 Å². The van der Waals surface area contributed by atoms with Gasteiger partial charge in [0.05, 0.1) is 22.7 Å². The second-order valence-corrected chi connectivity index (χ2v) is 4.36. The summed E-state index contributed by atoms with van der Waals surface area (Å²) in [5.74, 6) is -0.909. The normalized spacial score (nSPS) is 14.1. The van der Waals surface area contributed by atoms with Crippen LogP contribution in [0.1, 0.15) is 19.4 Å². The summed E-state index contributed by atoms with van der Waals surface area (Å²) in [6.07, 6.45) is 1.26. The molecular weight excluding hydrogens is 278 g/mol. The van der Waals surface area contributed by atoms with Crippen LogP contribution in [0.4, 0.5) is 5.69 Å². The smallest absolute Gasteiger partial charge is 0.337 e. The summed E-state index contributed by atoms with van der Waals surface area (Å²) in [7, 11) is 0. The van der Waals surface area contributed by atoms with E-state index in [-0.39, 0.29) is 29.7 Å². The Bertz CT molecular complexity index is 591. The highest BCUT2D eigenvalue weighted by Gasteiger charge is 2.32. The summed E-state index contributed by atoms with van der Waals surface area (Å²) in [5, 5.41) is 20.9. The number of esters is 1. The lowest BCUT2D eigenvalue weighted by Gasteiger charge is -2.18. The molecule has 1 unspecified atom stereocenters. The molecule has 7 heteroatoms. The summed E-state index contributed by atoms with van der Waals surface area (Å²) in [6.45, 7) is 2.72. The molecule has 0 heterocycles. The maximum atomic E-state index is 11.9. The first-order valence-electron chi connectivity index (χ1n) is 6.15. The monoisotopic (exact) mass is 293 g/mol. The fraction of sp³-hybridized carbons (Fsp3) is 0.286. The number of para-hydroxylation sites is 1. The lowest BCUT2D eigenvalue weighted by Crippen LogP contribution is -2.34. The number of nitro benzene ring substituents is 1. The molecule has 0 fully saturated rings. The third-order valence-electron chi connectivity index (χ3n) is 2.70. The Hall–Kier alpha value is -2.54. The van der Waals surface area contributed by atoms with Gasteiger partial charge in [-0.3, -0.25) is 14.9 Å². The van der Waals surface area contributed by atoms with E-state index in [0.29, 0.717) is 0 Å². The van der Waals surface area contributed by atoms with Crippen molar-refractivity contribution in [2.75, 3.05) is 6.61 Å². The lowest BCUT2D eigenvalue weighted by molar-refractivity contribution is -0.385. The molecule has 0 saturated carbocycles. The SMILES string of the molecule is CCOC(=O)/C(=C\c1ccccc1[N+](=O)[O-])C(C)(O)C=O. The Balaban J connectivity index is 3.42. The highest BCUT2D eigenvalue weighted by atomic mass is 16.6. The number of ether oxygens (including phenoxy) is 1. The van der Waals surface area contributed by atoms with Crippen LogP contribution in [0.5, 0.6) is 0 Å². The highest BCUT2D eigenvalue weighted by molar-refractivity contribution is 6.00. The number of hydrogen-bond acceptors (Lipinski definition) is 6. The number of rotatable bonds is 6. The van der Waals surface area contributed by atoms with Gasteiger partial charge in [0.1, 0.15) is 5.60 Å². The Morgan fingerprint density at radius 3 is 2.62 bits per heavy atom. The largest absolute Gasteiger partial charge is 0.463 e. The number of nitro groups is 1.